The number of primary amides is 1. The van der Waals surface area contributed by atoms with Gasteiger partial charge in [-0.1, -0.05) is 19.1 Å². The highest BCUT2D eigenvalue weighted by Crippen LogP contribution is 2.09. The van der Waals surface area contributed by atoms with Crippen LogP contribution in [0.25, 0.3) is 0 Å². The maximum Gasteiger partial charge on any atom is 0.231 e. The van der Waals surface area contributed by atoms with Gasteiger partial charge in [0.1, 0.15) is 0 Å². The molecular weight excluding hydrogens is 198 g/mol. The largest absolute Gasteiger partial charge is 0.392 e. The fourth-order valence-electron chi connectivity index (χ4n) is 1.43. The first-order chi connectivity index (χ1) is 6.40. The minimum absolute atomic E-state index is 0.0440. The standard InChI is InChI=1S/C9H19N3OS/c1-4-7(9(11)14)12(6(2)3)5-8(10)13/h6-7H,4-5H2,1-3H3,(H2,10,13)(H2,11,14). The molecule has 0 spiro atoms. The van der Waals surface area contributed by atoms with Crippen LogP contribution >= 0.6 is 12.2 Å². The molecule has 0 aromatic carbocycles. The highest BCUT2D eigenvalue weighted by Gasteiger charge is 2.23. The number of carbonyl (C=O) groups excluding carboxylic acids is 1. The predicted octanol–water partition coefficient (Wildman–Crippen LogP) is 0.247. The Hall–Kier alpha value is -0.680. The summed E-state index contributed by atoms with van der Waals surface area (Å²) in [5.41, 5.74) is 10.8. The summed E-state index contributed by atoms with van der Waals surface area (Å²) >= 11 is 4.95. The van der Waals surface area contributed by atoms with E-state index >= 15 is 0 Å². The number of thiocarbonyl (C=S) groups is 1. The van der Waals surface area contributed by atoms with Crippen molar-refractivity contribution in [2.24, 2.45) is 11.5 Å². The molecule has 1 atom stereocenters. The highest BCUT2D eigenvalue weighted by molar-refractivity contribution is 7.80. The number of hydrogen-bond donors (Lipinski definition) is 2. The van der Waals surface area contributed by atoms with Gasteiger partial charge in [0, 0.05) is 6.04 Å². The Morgan fingerprint density at radius 2 is 1.93 bits per heavy atom. The quantitative estimate of drug-likeness (QED) is 0.625. The van der Waals surface area contributed by atoms with Crippen molar-refractivity contribution >= 4 is 23.1 Å². The summed E-state index contributed by atoms with van der Waals surface area (Å²) < 4.78 is 0. The average Bonchev–Trinajstić information content (AvgIpc) is 2.02. The Labute approximate surface area is 90.6 Å². The third-order valence-corrected chi connectivity index (χ3v) is 2.39. The van der Waals surface area contributed by atoms with Crippen LogP contribution in [0.5, 0.6) is 0 Å². The van der Waals surface area contributed by atoms with Crippen LogP contribution in [-0.4, -0.2) is 34.4 Å². The number of nitrogens with zero attached hydrogens (tertiary/aromatic N) is 1. The second-order valence-electron chi connectivity index (χ2n) is 3.56. The van der Waals surface area contributed by atoms with Crippen molar-refractivity contribution in [2.45, 2.75) is 39.3 Å². The summed E-state index contributed by atoms with van der Waals surface area (Å²) in [5, 5.41) is 0. The molecule has 0 aliphatic carbocycles. The lowest BCUT2D eigenvalue weighted by Gasteiger charge is -2.32. The van der Waals surface area contributed by atoms with Crippen LogP contribution in [0.4, 0.5) is 0 Å². The Balaban J connectivity index is 4.60. The van der Waals surface area contributed by atoms with Gasteiger partial charge in [-0.3, -0.25) is 9.69 Å². The smallest absolute Gasteiger partial charge is 0.231 e. The number of rotatable bonds is 6. The van der Waals surface area contributed by atoms with Gasteiger partial charge < -0.3 is 11.5 Å². The van der Waals surface area contributed by atoms with E-state index in [1.54, 1.807) is 0 Å². The summed E-state index contributed by atoms with van der Waals surface area (Å²) in [6, 6.07) is 0.159. The molecule has 0 aliphatic heterocycles. The normalized spacial score (nSPS) is 13.2. The van der Waals surface area contributed by atoms with Gasteiger partial charge >= 0.3 is 0 Å². The molecule has 5 heteroatoms. The molecule has 0 radical (unpaired) electrons. The first-order valence-corrected chi connectivity index (χ1v) is 5.14. The summed E-state index contributed by atoms with van der Waals surface area (Å²) in [5.74, 6) is -0.353. The van der Waals surface area contributed by atoms with Crippen LogP contribution in [0.2, 0.25) is 0 Å². The van der Waals surface area contributed by atoms with Crippen molar-refractivity contribution in [3.05, 3.63) is 0 Å². The Morgan fingerprint density at radius 1 is 1.43 bits per heavy atom. The molecular formula is C9H19N3OS. The molecule has 0 bridgehead atoms. The third kappa shape index (κ3) is 4.02. The van der Waals surface area contributed by atoms with E-state index in [-0.39, 0.29) is 24.5 Å². The van der Waals surface area contributed by atoms with E-state index in [1.165, 1.54) is 0 Å². The minimum Gasteiger partial charge on any atom is -0.392 e. The second kappa shape index (κ2) is 5.93. The van der Waals surface area contributed by atoms with Crippen molar-refractivity contribution in [2.75, 3.05) is 6.54 Å². The van der Waals surface area contributed by atoms with E-state index in [0.29, 0.717) is 4.99 Å². The van der Waals surface area contributed by atoms with E-state index in [4.69, 9.17) is 23.7 Å². The lowest BCUT2D eigenvalue weighted by atomic mass is 10.1. The molecule has 0 saturated carbocycles. The molecule has 0 fully saturated rings. The molecule has 82 valence electrons. The van der Waals surface area contributed by atoms with Gasteiger partial charge in [-0.25, -0.2) is 0 Å². The van der Waals surface area contributed by atoms with Crippen LogP contribution in [0.3, 0.4) is 0 Å². The zero-order chi connectivity index (χ0) is 11.3. The maximum atomic E-state index is 10.9. The van der Waals surface area contributed by atoms with Crippen LogP contribution in [0.15, 0.2) is 0 Å². The van der Waals surface area contributed by atoms with Gasteiger partial charge in [-0.05, 0) is 20.3 Å². The lowest BCUT2D eigenvalue weighted by Crippen LogP contribution is -2.50. The monoisotopic (exact) mass is 217 g/mol. The molecule has 0 heterocycles. The topological polar surface area (TPSA) is 72.3 Å². The van der Waals surface area contributed by atoms with E-state index in [2.05, 4.69) is 0 Å². The van der Waals surface area contributed by atoms with Crippen LogP contribution in [-0.2, 0) is 4.79 Å². The van der Waals surface area contributed by atoms with Crippen molar-refractivity contribution in [1.82, 2.24) is 4.90 Å². The second-order valence-corrected chi connectivity index (χ2v) is 4.03. The molecule has 1 amide bonds. The van der Waals surface area contributed by atoms with Gasteiger partial charge in [-0.15, -0.1) is 0 Å². The van der Waals surface area contributed by atoms with E-state index in [9.17, 15) is 4.79 Å². The van der Waals surface area contributed by atoms with E-state index in [0.717, 1.165) is 6.42 Å². The molecule has 4 N–H and O–H groups in total. The molecule has 0 aromatic heterocycles. The lowest BCUT2D eigenvalue weighted by molar-refractivity contribution is -0.119. The van der Waals surface area contributed by atoms with E-state index in [1.807, 2.05) is 25.7 Å². The van der Waals surface area contributed by atoms with Crippen molar-refractivity contribution in [3.63, 3.8) is 0 Å². The predicted molar refractivity (Wildman–Crippen MR) is 61.9 cm³/mol. The van der Waals surface area contributed by atoms with Crippen molar-refractivity contribution in [3.8, 4) is 0 Å². The van der Waals surface area contributed by atoms with Gasteiger partial charge in [0.25, 0.3) is 0 Å². The molecule has 0 saturated heterocycles. The average molecular weight is 217 g/mol. The molecule has 0 rings (SSSR count). The fraction of sp³-hybridized carbons (Fsp3) is 0.778. The summed E-state index contributed by atoms with van der Waals surface area (Å²) in [4.78, 5) is 13.2. The van der Waals surface area contributed by atoms with Gasteiger partial charge in [0.2, 0.25) is 5.91 Å². The minimum atomic E-state index is -0.353. The zero-order valence-electron chi connectivity index (χ0n) is 8.99. The maximum absolute atomic E-state index is 10.9. The Morgan fingerprint density at radius 3 is 2.14 bits per heavy atom. The number of amides is 1. The van der Waals surface area contributed by atoms with Gasteiger partial charge in [0.15, 0.2) is 0 Å². The zero-order valence-corrected chi connectivity index (χ0v) is 9.80. The van der Waals surface area contributed by atoms with Crippen molar-refractivity contribution < 1.29 is 4.79 Å². The van der Waals surface area contributed by atoms with Crippen LogP contribution in [0.1, 0.15) is 27.2 Å². The van der Waals surface area contributed by atoms with Crippen LogP contribution < -0.4 is 11.5 Å². The highest BCUT2D eigenvalue weighted by atomic mass is 32.1. The summed E-state index contributed by atoms with van der Waals surface area (Å²) in [6.45, 7) is 6.17. The first-order valence-electron chi connectivity index (χ1n) is 4.73. The van der Waals surface area contributed by atoms with Gasteiger partial charge in [-0.2, -0.15) is 0 Å². The number of hydrogen-bond acceptors (Lipinski definition) is 3. The number of carbonyl (C=O) groups is 1. The Bertz CT molecular complexity index is 218. The SMILES string of the molecule is CCC(C(N)=S)N(CC(N)=O)C(C)C. The molecule has 1 unspecified atom stereocenters. The van der Waals surface area contributed by atoms with Crippen LogP contribution in [0, 0.1) is 0 Å². The first kappa shape index (κ1) is 13.3. The molecule has 0 aromatic rings. The van der Waals surface area contributed by atoms with Gasteiger partial charge in [0.05, 0.1) is 17.6 Å². The third-order valence-electron chi connectivity index (χ3n) is 2.12. The summed E-state index contributed by atoms with van der Waals surface area (Å²) in [6.07, 6.45) is 0.792. The molecule has 4 nitrogen and oxygen atoms in total. The molecule has 14 heavy (non-hydrogen) atoms. The summed E-state index contributed by atoms with van der Waals surface area (Å²) in [7, 11) is 0. The van der Waals surface area contributed by atoms with E-state index < -0.39 is 0 Å². The Kier molecular flexibility index (Phi) is 5.64. The fourth-order valence-corrected chi connectivity index (χ4v) is 1.73. The number of nitrogens with two attached hydrogens (primary N) is 2. The molecule has 0 aliphatic rings. The van der Waals surface area contributed by atoms with Crippen molar-refractivity contribution in [1.29, 1.82) is 0 Å².